The van der Waals surface area contributed by atoms with Crippen LogP contribution in [0.25, 0.3) is 0 Å². The van der Waals surface area contributed by atoms with E-state index >= 15 is 0 Å². The molecule has 12 heteroatoms. The van der Waals surface area contributed by atoms with E-state index in [9.17, 15) is 27.1 Å². The lowest BCUT2D eigenvalue weighted by atomic mass is 9.79. The van der Waals surface area contributed by atoms with E-state index in [2.05, 4.69) is 4.18 Å². The molecule has 0 unspecified atom stereocenters. The fourth-order valence-corrected chi connectivity index (χ4v) is 3.09. The molecule has 0 bridgehead atoms. The van der Waals surface area contributed by atoms with Gasteiger partial charge in [0.25, 0.3) is 0 Å². The summed E-state index contributed by atoms with van der Waals surface area (Å²) >= 11 is 0. The van der Waals surface area contributed by atoms with Crippen molar-refractivity contribution in [1.29, 1.82) is 0 Å². The molecule has 0 radical (unpaired) electrons. The number of nitrogens with zero attached hydrogens (tertiary/aromatic N) is 2. The van der Waals surface area contributed by atoms with Crippen LogP contribution in [0.15, 0.2) is 18.2 Å². The van der Waals surface area contributed by atoms with Crippen molar-refractivity contribution in [1.82, 2.24) is 9.80 Å². The number of carbonyl (C=O) groups is 1. The van der Waals surface area contributed by atoms with Gasteiger partial charge < -0.3 is 23.9 Å². The van der Waals surface area contributed by atoms with Crippen LogP contribution < -0.4 is 9.65 Å². The van der Waals surface area contributed by atoms with Gasteiger partial charge >= 0.3 is 23.7 Å². The van der Waals surface area contributed by atoms with Gasteiger partial charge in [0.05, 0.1) is 0 Å². The van der Waals surface area contributed by atoms with Gasteiger partial charge in [0, 0.05) is 32.7 Å². The summed E-state index contributed by atoms with van der Waals surface area (Å²) in [6, 6.07) is 3.80. The summed E-state index contributed by atoms with van der Waals surface area (Å²) in [4.78, 5) is 15.7. The summed E-state index contributed by atoms with van der Waals surface area (Å²) in [6.45, 7) is 7.65. The van der Waals surface area contributed by atoms with Gasteiger partial charge in [-0.1, -0.05) is 9.95 Å². The van der Waals surface area contributed by atoms with E-state index in [1.165, 1.54) is 12.1 Å². The lowest BCUT2D eigenvalue weighted by Gasteiger charge is -2.35. The zero-order valence-corrected chi connectivity index (χ0v) is 16.8. The number of halogens is 1. The average Bonchev–Trinajstić information content (AvgIpc) is 2.52. The molecule has 156 valence electrons. The van der Waals surface area contributed by atoms with Crippen LogP contribution in [0.4, 0.5) is 8.68 Å². The van der Waals surface area contributed by atoms with E-state index in [1.54, 1.807) is 25.7 Å². The van der Waals surface area contributed by atoms with Crippen molar-refractivity contribution in [2.45, 2.75) is 32.9 Å². The minimum absolute atomic E-state index is 0.0245. The van der Waals surface area contributed by atoms with Gasteiger partial charge in [-0.3, -0.25) is 4.90 Å². The Morgan fingerprint density at radius 1 is 1.18 bits per heavy atom. The second-order valence-corrected chi connectivity index (χ2v) is 8.46. The van der Waals surface area contributed by atoms with Gasteiger partial charge in [-0.25, -0.2) is 4.79 Å². The highest BCUT2D eigenvalue weighted by molar-refractivity contribution is 7.81. The molecule has 1 fully saturated rings. The normalized spacial score (nSPS) is 16.0. The van der Waals surface area contributed by atoms with Gasteiger partial charge in [0.15, 0.2) is 0 Å². The number of ether oxygens (including phenoxy) is 1. The van der Waals surface area contributed by atoms with Gasteiger partial charge in [-0.2, -0.15) is 8.42 Å². The number of carbonyl (C=O) groups excluding carboxylic acids is 1. The molecule has 0 aliphatic carbocycles. The Morgan fingerprint density at radius 3 is 2.29 bits per heavy atom. The quantitative estimate of drug-likeness (QED) is 0.508. The van der Waals surface area contributed by atoms with Gasteiger partial charge in [0.1, 0.15) is 11.4 Å². The number of benzene rings is 1. The first kappa shape index (κ1) is 22.4. The first-order chi connectivity index (χ1) is 12.8. The minimum Gasteiger partial charge on any atom is -0.444 e. The molecule has 9 nitrogen and oxygen atoms in total. The van der Waals surface area contributed by atoms with Crippen LogP contribution in [-0.4, -0.2) is 73.3 Å². The summed E-state index contributed by atoms with van der Waals surface area (Å²) in [5, 5.41) is 18.7. The third-order valence-corrected chi connectivity index (χ3v) is 4.30. The van der Waals surface area contributed by atoms with Crippen molar-refractivity contribution < 1.29 is 36.1 Å². The molecule has 1 amide bonds. The minimum atomic E-state index is -5.24. The Morgan fingerprint density at radius 2 is 1.79 bits per heavy atom. The monoisotopic (exact) mass is 418 g/mol. The summed E-state index contributed by atoms with van der Waals surface area (Å²) in [7, 11) is -7.10. The molecule has 0 atom stereocenters. The maximum atomic E-state index is 12.8. The third-order valence-electron chi connectivity index (χ3n) is 3.91. The van der Waals surface area contributed by atoms with E-state index in [4.69, 9.17) is 4.74 Å². The molecular weight excluding hydrogens is 394 g/mol. The number of rotatable bonds is 5. The van der Waals surface area contributed by atoms with E-state index in [0.717, 1.165) is 6.07 Å². The summed E-state index contributed by atoms with van der Waals surface area (Å²) in [6.07, 6.45) is -0.388. The highest BCUT2D eigenvalue weighted by Crippen LogP contribution is 2.18. The fraction of sp³-hybridized carbons (Fsp3) is 0.562. The molecule has 1 aliphatic rings. The van der Waals surface area contributed by atoms with Crippen molar-refractivity contribution in [3.05, 3.63) is 23.8 Å². The molecule has 0 saturated carbocycles. The Bertz CT molecular complexity index is 806. The average molecular weight is 418 g/mol. The summed E-state index contributed by atoms with van der Waals surface area (Å²) in [5.41, 5.74) is -0.0917. The number of amides is 1. The summed E-state index contributed by atoms with van der Waals surface area (Å²) in [5.74, 6) is -0.351. The number of hydrogen-bond acceptors (Lipinski definition) is 8. The van der Waals surface area contributed by atoms with E-state index < -0.39 is 23.2 Å². The highest BCUT2D eigenvalue weighted by atomic mass is 32.3. The first-order valence-electron chi connectivity index (χ1n) is 8.67. The van der Waals surface area contributed by atoms with Crippen LogP contribution in [0.5, 0.6) is 5.75 Å². The standard InChI is InChI=1S/C16H24BFN2O7S/c1-16(2,3)26-15(21)20-6-4-19(5-7-20)11-12-8-13(17(22)23)10-14(9-12)27-28(18,24)25/h8-10,22-23H,4-7,11H2,1-3H3. The van der Waals surface area contributed by atoms with Crippen molar-refractivity contribution in [2.24, 2.45) is 0 Å². The van der Waals surface area contributed by atoms with Crippen LogP contribution >= 0.6 is 0 Å². The SMILES string of the molecule is CC(C)(C)OC(=O)N1CCN(Cc2cc(OS(=O)(=O)F)cc(B(O)O)c2)CC1. The zero-order chi connectivity index (χ0) is 21.1. The molecule has 1 heterocycles. The maximum absolute atomic E-state index is 12.8. The van der Waals surface area contributed by atoms with Crippen molar-refractivity contribution in [2.75, 3.05) is 26.2 Å². The molecule has 28 heavy (non-hydrogen) atoms. The number of piperazine rings is 1. The zero-order valence-electron chi connectivity index (χ0n) is 16.0. The van der Waals surface area contributed by atoms with Crippen LogP contribution in [0.3, 0.4) is 0 Å². The molecule has 0 spiro atoms. The molecule has 2 rings (SSSR count). The molecule has 1 saturated heterocycles. The molecule has 2 N–H and O–H groups in total. The van der Waals surface area contributed by atoms with Gasteiger partial charge in [-0.05, 0) is 43.9 Å². The highest BCUT2D eigenvalue weighted by Gasteiger charge is 2.26. The lowest BCUT2D eigenvalue weighted by Crippen LogP contribution is -2.49. The van der Waals surface area contributed by atoms with Crippen LogP contribution in [-0.2, 0) is 21.8 Å². The van der Waals surface area contributed by atoms with E-state index in [1.807, 2.05) is 4.90 Å². The van der Waals surface area contributed by atoms with Crippen LogP contribution in [0.1, 0.15) is 26.3 Å². The summed E-state index contributed by atoms with van der Waals surface area (Å²) < 4.78 is 43.8. The lowest BCUT2D eigenvalue weighted by molar-refractivity contribution is 0.0139. The number of hydrogen-bond donors (Lipinski definition) is 2. The Balaban J connectivity index is 2.03. The Hall–Kier alpha value is -1.89. The molecular formula is C16H24BFN2O7S. The van der Waals surface area contributed by atoms with Gasteiger partial charge in [0.2, 0.25) is 0 Å². The third kappa shape index (κ3) is 7.26. The maximum Gasteiger partial charge on any atom is 0.488 e. The molecule has 1 aliphatic heterocycles. The Kier molecular flexibility index (Phi) is 6.91. The first-order valence-corrected chi connectivity index (χ1v) is 9.97. The van der Waals surface area contributed by atoms with E-state index in [0.29, 0.717) is 38.3 Å². The van der Waals surface area contributed by atoms with Crippen LogP contribution in [0.2, 0.25) is 0 Å². The smallest absolute Gasteiger partial charge is 0.444 e. The Labute approximate surface area is 164 Å². The van der Waals surface area contributed by atoms with Crippen molar-refractivity contribution >= 4 is 29.2 Å². The predicted molar refractivity (Wildman–Crippen MR) is 100 cm³/mol. The topological polar surface area (TPSA) is 117 Å². The van der Waals surface area contributed by atoms with Crippen LogP contribution in [0, 0.1) is 0 Å². The fourth-order valence-electron chi connectivity index (χ4n) is 2.76. The largest absolute Gasteiger partial charge is 0.488 e. The second kappa shape index (κ2) is 8.64. The van der Waals surface area contributed by atoms with Crippen molar-refractivity contribution in [3.63, 3.8) is 0 Å². The van der Waals surface area contributed by atoms with E-state index in [-0.39, 0.29) is 17.3 Å². The molecule has 0 aromatic heterocycles. The predicted octanol–water partition coefficient (Wildman–Crippen LogP) is 0.0122. The molecule has 1 aromatic rings. The molecule has 1 aromatic carbocycles. The van der Waals surface area contributed by atoms with Gasteiger partial charge in [-0.15, -0.1) is 0 Å². The van der Waals surface area contributed by atoms with Crippen molar-refractivity contribution in [3.8, 4) is 5.75 Å². The second-order valence-electron chi connectivity index (χ2n) is 7.50.